The Balaban J connectivity index is 3.94. The van der Waals surface area contributed by atoms with Gasteiger partial charge in [0.05, 0.1) is 33.6 Å². The standard InChI is InChI=1S/C30H60O6/c1-25(2,3)31-19-20(32-26(4,5)6)22(34-28(10,11)12)24(36-30(16,17)18)23(35-29(13,14)15)21(19)33-27(7,8)9/h19-24H,1-18H3. The van der Waals surface area contributed by atoms with Crippen molar-refractivity contribution in [3.8, 4) is 0 Å². The van der Waals surface area contributed by atoms with E-state index < -0.39 is 70.2 Å². The highest BCUT2D eigenvalue weighted by atomic mass is 16.6. The molecule has 0 aliphatic heterocycles. The zero-order valence-electron chi connectivity index (χ0n) is 26.9. The molecule has 0 unspecified atom stereocenters. The SMILES string of the molecule is CC(C)(C)OC1C(OC(C)(C)C)C(OC(C)(C)C)C(OC(C)(C)C)C(OC(C)(C)C)C1OC(C)(C)C. The molecule has 0 amide bonds. The van der Waals surface area contributed by atoms with Crippen molar-refractivity contribution in [3.63, 3.8) is 0 Å². The molecule has 0 aromatic rings. The Morgan fingerprint density at radius 1 is 0.222 bits per heavy atom. The van der Waals surface area contributed by atoms with E-state index in [1.165, 1.54) is 0 Å². The lowest BCUT2D eigenvalue weighted by Gasteiger charge is -2.55. The van der Waals surface area contributed by atoms with Crippen molar-refractivity contribution in [2.24, 2.45) is 0 Å². The predicted molar refractivity (Wildman–Crippen MR) is 148 cm³/mol. The van der Waals surface area contributed by atoms with Crippen LogP contribution in [-0.4, -0.2) is 70.2 Å². The first-order chi connectivity index (χ1) is 15.6. The fraction of sp³-hybridized carbons (Fsp3) is 1.00. The summed E-state index contributed by atoms with van der Waals surface area (Å²) in [6.07, 6.45) is -2.73. The van der Waals surface area contributed by atoms with Gasteiger partial charge < -0.3 is 28.4 Å². The van der Waals surface area contributed by atoms with Crippen molar-refractivity contribution in [2.75, 3.05) is 0 Å². The first kappa shape index (κ1) is 33.8. The van der Waals surface area contributed by atoms with Gasteiger partial charge in [-0.25, -0.2) is 0 Å². The highest BCUT2D eigenvalue weighted by Crippen LogP contribution is 2.42. The van der Waals surface area contributed by atoms with E-state index in [1.807, 2.05) is 0 Å². The van der Waals surface area contributed by atoms with E-state index in [4.69, 9.17) is 28.4 Å². The molecule has 1 saturated carbocycles. The Hall–Kier alpha value is -0.240. The van der Waals surface area contributed by atoms with Crippen LogP contribution in [0.25, 0.3) is 0 Å². The van der Waals surface area contributed by atoms with Gasteiger partial charge in [-0.15, -0.1) is 0 Å². The monoisotopic (exact) mass is 516 g/mol. The number of rotatable bonds is 6. The van der Waals surface area contributed by atoms with Crippen LogP contribution < -0.4 is 0 Å². The minimum absolute atomic E-state index is 0.445. The van der Waals surface area contributed by atoms with Crippen molar-refractivity contribution < 1.29 is 28.4 Å². The molecular weight excluding hydrogens is 456 g/mol. The molecule has 1 rings (SSSR count). The second-order valence-electron chi connectivity index (χ2n) is 16.2. The molecule has 0 spiro atoms. The average Bonchev–Trinajstić information content (AvgIpc) is 2.51. The number of hydrogen-bond acceptors (Lipinski definition) is 6. The van der Waals surface area contributed by atoms with Gasteiger partial charge in [0.2, 0.25) is 0 Å². The minimum atomic E-state index is -0.456. The summed E-state index contributed by atoms with van der Waals surface area (Å²) in [5.74, 6) is 0. The number of ether oxygens (including phenoxy) is 6. The Labute approximate surface area is 223 Å². The molecule has 0 heterocycles. The van der Waals surface area contributed by atoms with E-state index in [9.17, 15) is 0 Å². The summed E-state index contributed by atoms with van der Waals surface area (Å²) in [5.41, 5.74) is -2.67. The highest BCUT2D eigenvalue weighted by Gasteiger charge is 2.59. The quantitative estimate of drug-likeness (QED) is 0.375. The second-order valence-corrected chi connectivity index (χ2v) is 16.2. The molecule has 6 nitrogen and oxygen atoms in total. The average molecular weight is 517 g/mol. The summed E-state index contributed by atoms with van der Waals surface area (Å²) in [4.78, 5) is 0. The molecule has 1 aliphatic carbocycles. The van der Waals surface area contributed by atoms with Crippen LogP contribution in [0.3, 0.4) is 0 Å². The number of hydrogen-bond donors (Lipinski definition) is 0. The molecule has 0 radical (unpaired) electrons. The fourth-order valence-corrected chi connectivity index (χ4v) is 4.38. The van der Waals surface area contributed by atoms with Gasteiger partial charge in [-0.3, -0.25) is 0 Å². The third-order valence-electron chi connectivity index (χ3n) is 4.88. The molecule has 0 N–H and O–H groups in total. The summed E-state index contributed by atoms with van der Waals surface area (Å²) in [6.45, 7) is 37.1. The van der Waals surface area contributed by atoms with Gasteiger partial charge in [0.15, 0.2) is 0 Å². The third kappa shape index (κ3) is 12.5. The van der Waals surface area contributed by atoms with Crippen LogP contribution in [-0.2, 0) is 28.4 Å². The predicted octanol–water partition coefficient (Wildman–Crippen LogP) is 7.10. The van der Waals surface area contributed by atoms with E-state index in [-0.39, 0.29) is 0 Å². The van der Waals surface area contributed by atoms with Gasteiger partial charge in [0.1, 0.15) is 36.6 Å². The maximum Gasteiger partial charge on any atom is 0.116 e. The van der Waals surface area contributed by atoms with Crippen molar-refractivity contribution in [3.05, 3.63) is 0 Å². The largest absolute Gasteiger partial charge is 0.367 e. The maximum absolute atomic E-state index is 6.80. The summed E-state index contributed by atoms with van der Waals surface area (Å²) >= 11 is 0. The zero-order chi connectivity index (χ0) is 28.7. The van der Waals surface area contributed by atoms with E-state index in [2.05, 4.69) is 125 Å². The molecule has 6 heteroatoms. The normalized spacial score (nSPS) is 29.5. The molecule has 36 heavy (non-hydrogen) atoms. The van der Waals surface area contributed by atoms with Crippen molar-refractivity contribution in [1.82, 2.24) is 0 Å². The van der Waals surface area contributed by atoms with Gasteiger partial charge in [-0.05, 0) is 125 Å². The Morgan fingerprint density at radius 3 is 0.361 bits per heavy atom. The van der Waals surface area contributed by atoms with Gasteiger partial charge in [-0.2, -0.15) is 0 Å². The Morgan fingerprint density at radius 2 is 0.306 bits per heavy atom. The smallest absolute Gasteiger partial charge is 0.116 e. The van der Waals surface area contributed by atoms with E-state index in [1.54, 1.807) is 0 Å². The molecule has 0 atom stereocenters. The van der Waals surface area contributed by atoms with Crippen molar-refractivity contribution >= 4 is 0 Å². The Kier molecular flexibility index (Phi) is 10.4. The molecule has 0 saturated heterocycles. The lowest BCUT2D eigenvalue weighted by atomic mass is 9.81. The summed E-state index contributed by atoms with van der Waals surface area (Å²) in [6, 6.07) is 0. The first-order valence-electron chi connectivity index (χ1n) is 13.6. The fourth-order valence-electron chi connectivity index (χ4n) is 4.38. The minimum Gasteiger partial charge on any atom is -0.367 e. The molecule has 216 valence electrons. The van der Waals surface area contributed by atoms with Gasteiger partial charge in [0, 0.05) is 0 Å². The van der Waals surface area contributed by atoms with Crippen LogP contribution >= 0.6 is 0 Å². The van der Waals surface area contributed by atoms with Crippen LogP contribution in [0.1, 0.15) is 125 Å². The lowest BCUT2D eigenvalue weighted by molar-refractivity contribution is -0.341. The second kappa shape index (κ2) is 11.1. The lowest BCUT2D eigenvalue weighted by Crippen LogP contribution is -2.71. The van der Waals surface area contributed by atoms with Crippen molar-refractivity contribution in [1.29, 1.82) is 0 Å². The van der Waals surface area contributed by atoms with Gasteiger partial charge >= 0.3 is 0 Å². The molecule has 1 aliphatic rings. The van der Waals surface area contributed by atoms with Crippen LogP contribution in [0, 0.1) is 0 Å². The van der Waals surface area contributed by atoms with Crippen LogP contribution in [0.5, 0.6) is 0 Å². The molecule has 0 bridgehead atoms. The summed E-state index contributed by atoms with van der Waals surface area (Å²) in [5, 5.41) is 0. The van der Waals surface area contributed by atoms with E-state index >= 15 is 0 Å². The maximum atomic E-state index is 6.80. The van der Waals surface area contributed by atoms with Gasteiger partial charge in [-0.1, -0.05) is 0 Å². The molecular formula is C30H60O6. The molecule has 1 fully saturated rings. The van der Waals surface area contributed by atoms with Crippen LogP contribution in [0.2, 0.25) is 0 Å². The topological polar surface area (TPSA) is 55.4 Å². The van der Waals surface area contributed by atoms with Crippen molar-refractivity contribution in [2.45, 2.75) is 195 Å². The van der Waals surface area contributed by atoms with E-state index in [0.717, 1.165) is 0 Å². The van der Waals surface area contributed by atoms with Crippen LogP contribution in [0.4, 0.5) is 0 Å². The highest BCUT2D eigenvalue weighted by molar-refractivity contribution is 5.07. The Bertz CT molecular complexity index is 508. The zero-order valence-corrected chi connectivity index (χ0v) is 26.9. The van der Waals surface area contributed by atoms with E-state index in [0.29, 0.717) is 0 Å². The third-order valence-corrected chi connectivity index (χ3v) is 4.88. The first-order valence-corrected chi connectivity index (χ1v) is 13.6. The molecule has 0 aromatic heterocycles. The summed E-state index contributed by atoms with van der Waals surface area (Å²) < 4.78 is 40.8. The van der Waals surface area contributed by atoms with Gasteiger partial charge in [0.25, 0.3) is 0 Å². The van der Waals surface area contributed by atoms with Crippen LogP contribution in [0.15, 0.2) is 0 Å². The summed E-state index contributed by atoms with van der Waals surface area (Å²) in [7, 11) is 0. The molecule has 0 aromatic carbocycles.